The second kappa shape index (κ2) is 6.85. The number of hydrogen-bond acceptors (Lipinski definition) is 5. The summed E-state index contributed by atoms with van der Waals surface area (Å²) in [5.41, 5.74) is 3.70. The van der Waals surface area contributed by atoms with Gasteiger partial charge in [-0.2, -0.15) is 0 Å². The summed E-state index contributed by atoms with van der Waals surface area (Å²) in [4.78, 5) is 29.1. The van der Waals surface area contributed by atoms with E-state index in [0.29, 0.717) is 22.0 Å². The lowest BCUT2D eigenvalue weighted by atomic mass is 10.1. The van der Waals surface area contributed by atoms with Crippen molar-refractivity contribution in [2.24, 2.45) is 0 Å². The second-order valence-corrected chi connectivity index (χ2v) is 5.89. The Morgan fingerprint density at radius 3 is 2.62 bits per heavy atom. The zero-order chi connectivity index (χ0) is 17.9. The molecule has 0 aliphatic rings. The highest BCUT2D eigenvalue weighted by molar-refractivity contribution is 6.33. The Bertz CT molecular complexity index is 1100. The fraction of sp³-hybridized carbons (Fsp3) is 0. The van der Waals surface area contributed by atoms with Crippen LogP contribution in [0.4, 0.5) is 5.69 Å². The van der Waals surface area contributed by atoms with Crippen molar-refractivity contribution in [1.29, 1.82) is 0 Å². The zero-order valence-electron chi connectivity index (χ0n) is 13.4. The predicted octanol–water partition coefficient (Wildman–Crippen LogP) is 3.99. The molecule has 26 heavy (non-hydrogen) atoms. The van der Waals surface area contributed by atoms with Crippen molar-refractivity contribution in [1.82, 2.24) is 19.9 Å². The molecular weight excluding hydrogens is 350 g/mol. The molecule has 0 saturated heterocycles. The molecule has 0 atom stereocenters. The summed E-state index contributed by atoms with van der Waals surface area (Å²) in [6, 6.07) is 12.8. The lowest BCUT2D eigenvalue weighted by Gasteiger charge is -2.09. The largest absolute Gasteiger partial charge is 0.321 e. The van der Waals surface area contributed by atoms with E-state index in [2.05, 4.69) is 25.3 Å². The molecule has 126 valence electrons. The van der Waals surface area contributed by atoms with E-state index in [1.54, 1.807) is 24.4 Å². The molecule has 2 heterocycles. The van der Waals surface area contributed by atoms with Gasteiger partial charge in [-0.1, -0.05) is 23.7 Å². The van der Waals surface area contributed by atoms with Gasteiger partial charge in [-0.15, -0.1) is 0 Å². The fourth-order valence-corrected chi connectivity index (χ4v) is 2.71. The van der Waals surface area contributed by atoms with E-state index in [-0.39, 0.29) is 11.6 Å². The number of aromatic nitrogens is 4. The molecule has 2 aromatic heterocycles. The Hall–Kier alpha value is -3.38. The van der Waals surface area contributed by atoms with Crippen molar-refractivity contribution >= 4 is 34.2 Å². The lowest BCUT2D eigenvalue weighted by molar-refractivity contribution is 0.102. The van der Waals surface area contributed by atoms with Crippen LogP contribution in [0.25, 0.3) is 22.3 Å². The molecule has 6 nitrogen and oxygen atoms in total. The van der Waals surface area contributed by atoms with E-state index in [4.69, 9.17) is 11.6 Å². The number of amides is 1. The van der Waals surface area contributed by atoms with Gasteiger partial charge in [-0.3, -0.25) is 14.8 Å². The van der Waals surface area contributed by atoms with Gasteiger partial charge in [0, 0.05) is 23.6 Å². The van der Waals surface area contributed by atoms with Crippen molar-refractivity contribution in [3.05, 3.63) is 78.0 Å². The van der Waals surface area contributed by atoms with E-state index in [0.717, 1.165) is 11.0 Å². The molecule has 1 N–H and O–H groups in total. The maximum Gasteiger partial charge on any atom is 0.275 e. The van der Waals surface area contributed by atoms with Crippen LogP contribution in [0, 0.1) is 0 Å². The molecular formula is C19H12ClN5O. The maximum atomic E-state index is 12.2. The third kappa shape index (κ3) is 3.22. The minimum Gasteiger partial charge on any atom is -0.321 e. The molecule has 0 saturated carbocycles. The normalized spacial score (nSPS) is 10.7. The van der Waals surface area contributed by atoms with Crippen LogP contribution < -0.4 is 5.32 Å². The highest BCUT2D eigenvalue weighted by Crippen LogP contribution is 2.30. The van der Waals surface area contributed by atoms with Gasteiger partial charge in [0.15, 0.2) is 0 Å². The minimum absolute atomic E-state index is 0.231. The van der Waals surface area contributed by atoms with Crippen molar-refractivity contribution < 1.29 is 4.79 Å². The molecule has 4 aromatic rings. The van der Waals surface area contributed by atoms with Gasteiger partial charge in [0.1, 0.15) is 5.69 Å². The first-order valence-corrected chi connectivity index (χ1v) is 8.17. The summed E-state index contributed by atoms with van der Waals surface area (Å²) < 4.78 is 0. The number of para-hydroxylation sites is 2. The van der Waals surface area contributed by atoms with Crippen LogP contribution in [0.5, 0.6) is 0 Å². The molecule has 1 amide bonds. The molecule has 7 heteroatoms. The standard InChI is InChI=1S/C19H12ClN5O/c20-14-6-5-12(24-19(26)18-10-21-7-8-22-18)9-13(14)17-11-23-15-3-1-2-4-16(15)25-17/h1-11H,(H,24,26). The first kappa shape index (κ1) is 16.1. The monoisotopic (exact) mass is 361 g/mol. The van der Waals surface area contributed by atoms with Crippen molar-refractivity contribution in [2.45, 2.75) is 0 Å². The number of anilines is 1. The maximum absolute atomic E-state index is 12.2. The van der Waals surface area contributed by atoms with Gasteiger partial charge in [-0.25, -0.2) is 9.97 Å². The smallest absolute Gasteiger partial charge is 0.275 e. The SMILES string of the molecule is O=C(Nc1ccc(Cl)c(-c2cnc3ccccc3n2)c1)c1cnccn1. The van der Waals surface area contributed by atoms with Crippen LogP contribution in [0.2, 0.25) is 5.02 Å². The number of rotatable bonds is 3. The van der Waals surface area contributed by atoms with Gasteiger partial charge in [0.2, 0.25) is 0 Å². The van der Waals surface area contributed by atoms with E-state index in [1.807, 2.05) is 24.3 Å². The topological polar surface area (TPSA) is 80.7 Å². The number of benzene rings is 2. The van der Waals surface area contributed by atoms with Crippen molar-refractivity contribution in [3.8, 4) is 11.3 Å². The number of nitrogens with one attached hydrogen (secondary N) is 1. The number of fused-ring (bicyclic) bond motifs is 1. The first-order chi connectivity index (χ1) is 12.7. The average molecular weight is 362 g/mol. The van der Waals surface area contributed by atoms with Crippen LogP contribution in [-0.4, -0.2) is 25.8 Å². The minimum atomic E-state index is -0.351. The Kier molecular flexibility index (Phi) is 4.25. The molecule has 0 spiro atoms. The molecule has 0 bridgehead atoms. The fourth-order valence-electron chi connectivity index (χ4n) is 2.50. The van der Waals surface area contributed by atoms with Crippen molar-refractivity contribution in [2.75, 3.05) is 5.32 Å². The Balaban J connectivity index is 1.68. The van der Waals surface area contributed by atoms with Gasteiger partial charge in [-0.05, 0) is 30.3 Å². The van der Waals surface area contributed by atoms with E-state index < -0.39 is 0 Å². The van der Waals surface area contributed by atoms with E-state index in [9.17, 15) is 4.79 Å². The van der Waals surface area contributed by atoms with Gasteiger partial charge >= 0.3 is 0 Å². The lowest BCUT2D eigenvalue weighted by Crippen LogP contribution is -2.13. The number of nitrogens with zero attached hydrogens (tertiary/aromatic N) is 4. The van der Waals surface area contributed by atoms with E-state index >= 15 is 0 Å². The van der Waals surface area contributed by atoms with Gasteiger partial charge < -0.3 is 5.32 Å². The van der Waals surface area contributed by atoms with Crippen LogP contribution in [0.1, 0.15) is 10.5 Å². The molecule has 0 unspecified atom stereocenters. The summed E-state index contributed by atoms with van der Waals surface area (Å²) in [7, 11) is 0. The highest BCUT2D eigenvalue weighted by Gasteiger charge is 2.11. The number of carbonyl (C=O) groups is 1. The van der Waals surface area contributed by atoms with E-state index in [1.165, 1.54) is 18.6 Å². The third-order valence-electron chi connectivity index (χ3n) is 3.74. The average Bonchev–Trinajstić information content (AvgIpc) is 2.69. The zero-order valence-corrected chi connectivity index (χ0v) is 14.2. The molecule has 0 radical (unpaired) electrons. The van der Waals surface area contributed by atoms with Crippen LogP contribution in [0.3, 0.4) is 0 Å². The molecule has 2 aromatic carbocycles. The Labute approximate surface area is 153 Å². The van der Waals surface area contributed by atoms with Gasteiger partial charge in [0.05, 0.1) is 34.1 Å². The number of halogens is 1. The highest BCUT2D eigenvalue weighted by atomic mass is 35.5. The van der Waals surface area contributed by atoms with Crippen LogP contribution in [-0.2, 0) is 0 Å². The molecule has 4 rings (SSSR count). The quantitative estimate of drug-likeness (QED) is 0.596. The third-order valence-corrected chi connectivity index (χ3v) is 4.07. The number of hydrogen-bond donors (Lipinski definition) is 1. The Morgan fingerprint density at radius 1 is 0.962 bits per heavy atom. The second-order valence-electron chi connectivity index (χ2n) is 5.48. The summed E-state index contributed by atoms with van der Waals surface area (Å²) in [5, 5.41) is 3.30. The summed E-state index contributed by atoms with van der Waals surface area (Å²) in [6.07, 6.45) is 6.04. The summed E-state index contributed by atoms with van der Waals surface area (Å²) >= 11 is 6.33. The van der Waals surface area contributed by atoms with Crippen LogP contribution >= 0.6 is 11.6 Å². The summed E-state index contributed by atoms with van der Waals surface area (Å²) in [5.74, 6) is -0.351. The first-order valence-electron chi connectivity index (χ1n) is 7.80. The Morgan fingerprint density at radius 2 is 1.81 bits per heavy atom. The van der Waals surface area contributed by atoms with Crippen molar-refractivity contribution in [3.63, 3.8) is 0 Å². The predicted molar refractivity (Wildman–Crippen MR) is 100.0 cm³/mol. The van der Waals surface area contributed by atoms with Gasteiger partial charge in [0.25, 0.3) is 5.91 Å². The number of carbonyl (C=O) groups excluding carboxylic acids is 1. The van der Waals surface area contributed by atoms with Crippen LogP contribution in [0.15, 0.2) is 67.3 Å². The molecule has 0 aliphatic heterocycles. The molecule has 0 aliphatic carbocycles. The molecule has 0 fully saturated rings. The summed E-state index contributed by atoms with van der Waals surface area (Å²) in [6.45, 7) is 0.